The highest BCUT2D eigenvalue weighted by Crippen LogP contribution is 2.32. The summed E-state index contributed by atoms with van der Waals surface area (Å²) in [5.41, 5.74) is 3.96. The SMILES string of the molecule is O=C(NN=Cc1cc(Br)cc(Br)c1OC(=O)c1ccco1)c1cccc(NC(=O)c2ccc(Cl)cc2)c1. The molecule has 8 nitrogen and oxygen atoms in total. The number of nitrogens with zero attached hydrogens (tertiary/aromatic N) is 1. The largest absolute Gasteiger partial charge is 0.457 e. The molecule has 11 heteroatoms. The van der Waals surface area contributed by atoms with E-state index in [0.717, 1.165) is 0 Å². The first-order valence-electron chi connectivity index (χ1n) is 10.6. The molecule has 0 saturated heterocycles. The highest BCUT2D eigenvalue weighted by atomic mass is 79.9. The number of hydrogen-bond donors (Lipinski definition) is 2. The second kappa shape index (κ2) is 12.0. The van der Waals surface area contributed by atoms with E-state index in [4.69, 9.17) is 20.8 Å². The maximum Gasteiger partial charge on any atom is 0.379 e. The minimum absolute atomic E-state index is 0.0362. The fourth-order valence-electron chi connectivity index (χ4n) is 3.09. The molecule has 0 bridgehead atoms. The van der Waals surface area contributed by atoms with Gasteiger partial charge in [-0.25, -0.2) is 10.2 Å². The van der Waals surface area contributed by atoms with Crippen molar-refractivity contribution in [2.24, 2.45) is 5.10 Å². The second-order valence-corrected chi connectivity index (χ2v) is 9.62. The van der Waals surface area contributed by atoms with Gasteiger partial charge in [-0.15, -0.1) is 0 Å². The summed E-state index contributed by atoms with van der Waals surface area (Å²) >= 11 is 12.6. The maximum atomic E-state index is 12.7. The number of amides is 2. The first-order chi connectivity index (χ1) is 17.8. The van der Waals surface area contributed by atoms with Gasteiger partial charge in [0.1, 0.15) is 0 Å². The van der Waals surface area contributed by atoms with Crippen molar-refractivity contribution in [1.82, 2.24) is 5.43 Å². The molecule has 0 aliphatic carbocycles. The molecule has 0 unspecified atom stereocenters. The first kappa shape index (κ1) is 26.3. The van der Waals surface area contributed by atoms with Crippen LogP contribution in [0.25, 0.3) is 0 Å². The number of halogens is 3. The molecule has 0 aliphatic heterocycles. The van der Waals surface area contributed by atoms with Crippen molar-refractivity contribution in [3.05, 3.63) is 115 Å². The lowest BCUT2D eigenvalue weighted by molar-refractivity contribution is 0.0699. The van der Waals surface area contributed by atoms with Crippen LogP contribution < -0.4 is 15.5 Å². The van der Waals surface area contributed by atoms with E-state index in [9.17, 15) is 14.4 Å². The van der Waals surface area contributed by atoms with Gasteiger partial charge in [-0.05, 0) is 82.7 Å². The monoisotopic (exact) mass is 643 g/mol. The molecule has 4 aromatic rings. The summed E-state index contributed by atoms with van der Waals surface area (Å²) < 4.78 is 11.7. The Hall–Kier alpha value is -3.73. The number of ether oxygens (including phenoxy) is 1. The Morgan fingerprint density at radius 2 is 1.70 bits per heavy atom. The van der Waals surface area contributed by atoms with E-state index >= 15 is 0 Å². The van der Waals surface area contributed by atoms with E-state index < -0.39 is 11.9 Å². The van der Waals surface area contributed by atoms with Crippen molar-refractivity contribution < 1.29 is 23.5 Å². The van der Waals surface area contributed by atoms with Gasteiger partial charge >= 0.3 is 5.97 Å². The summed E-state index contributed by atoms with van der Waals surface area (Å²) in [4.78, 5) is 37.5. The van der Waals surface area contributed by atoms with E-state index in [-0.39, 0.29) is 23.0 Å². The molecular formula is C26H16Br2ClN3O5. The molecule has 186 valence electrons. The van der Waals surface area contributed by atoms with Gasteiger partial charge in [0, 0.05) is 31.9 Å². The van der Waals surface area contributed by atoms with Gasteiger partial charge in [0.05, 0.1) is 17.0 Å². The van der Waals surface area contributed by atoms with Crippen molar-refractivity contribution in [1.29, 1.82) is 0 Å². The van der Waals surface area contributed by atoms with E-state index in [2.05, 4.69) is 47.7 Å². The third-order valence-electron chi connectivity index (χ3n) is 4.81. The number of hydrogen-bond acceptors (Lipinski definition) is 6. The summed E-state index contributed by atoms with van der Waals surface area (Å²) in [6.45, 7) is 0. The summed E-state index contributed by atoms with van der Waals surface area (Å²) in [5, 5.41) is 7.26. The number of carbonyl (C=O) groups excluding carboxylic acids is 3. The molecule has 0 saturated carbocycles. The van der Waals surface area contributed by atoms with Crippen LogP contribution in [0.2, 0.25) is 5.02 Å². The topological polar surface area (TPSA) is 110 Å². The number of carbonyl (C=O) groups is 3. The highest BCUT2D eigenvalue weighted by molar-refractivity contribution is 9.11. The van der Waals surface area contributed by atoms with Crippen molar-refractivity contribution in [2.45, 2.75) is 0 Å². The van der Waals surface area contributed by atoms with Crippen molar-refractivity contribution >= 4 is 73.1 Å². The molecule has 0 spiro atoms. The number of anilines is 1. The normalized spacial score (nSPS) is 10.8. The average Bonchev–Trinajstić information content (AvgIpc) is 3.42. The van der Waals surface area contributed by atoms with Gasteiger partial charge in [-0.3, -0.25) is 9.59 Å². The summed E-state index contributed by atoms with van der Waals surface area (Å²) in [6.07, 6.45) is 2.70. The minimum Gasteiger partial charge on any atom is -0.457 e. The van der Waals surface area contributed by atoms with Crippen LogP contribution in [0.3, 0.4) is 0 Å². The zero-order chi connectivity index (χ0) is 26.4. The Balaban J connectivity index is 1.45. The van der Waals surface area contributed by atoms with E-state index in [1.807, 2.05) is 0 Å². The molecule has 0 radical (unpaired) electrons. The number of nitrogens with one attached hydrogen (secondary N) is 2. The lowest BCUT2D eigenvalue weighted by Gasteiger charge is -2.10. The van der Waals surface area contributed by atoms with Crippen LogP contribution in [0.15, 0.2) is 97.5 Å². The molecule has 3 aromatic carbocycles. The smallest absolute Gasteiger partial charge is 0.379 e. The number of hydrazone groups is 1. The molecule has 1 aromatic heterocycles. The summed E-state index contributed by atoms with van der Waals surface area (Å²) in [5.74, 6) is -1.32. The third kappa shape index (κ3) is 6.94. The van der Waals surface area contributed by atoms with Gasteiger partial charge in [-0.1, -0.05) is 33.6 Å². The predicted molar refractivity (Wildman–Crippen MR) is 146 cm³/mol. The lowest BCUT2D eigenvalue weighted by Crippen LogP contribution is -2.18. The average molecular weight is 646 g/mol. The Morgan fingerprint density at radius 3 is 2.43 bits per heavy atom. The van der Waals surface area contributed by atoms with Crippen LogP contribution >= 0.6 is 43.5 Å². The van der Waals surface area contributed by atoms with Crippen LogP contribution in [0.1, 0.15) is 36.8 Å². The number of esters is 1. The van der Waals surface area contributed by atoms with Gasteiger partial charge in [0.25, 0.3) is 11.8 Å². The van der Waals surface area contributed by atoms with E-state index in [0.29, 0.717) is 30.8 Å². The van der Waals surface area contributed by atoms with E-state index in [1.54, 1.807) is 60.7 Å². The molecule has 0 fully saturated rings. The molecule has 1 heterocycles. The molecule has 2 amide bonds. The third-order valence-corrected chi connectivity index (χ3v) is 6.11. The van der Waals surface area contributed by atoms with E-state index in [1.165, 1.54) is 24.6 Å². The highest BCUT2D eigenvalue weighted by Gasteiger charge is 2.17. The summed E-state index contributed by atoms with van der Waals surface area (Å²) in [7, 11) is 0. The molecular weight excluding hydrogens is 630 g/mol. The van der Waals surface area contributed by atoms with Crippen molar-refractivity contribution in [3.8, 4) is 5.75 Å². The zero-order valence-electron chi connectivity index (χ0n) is 18.7. The summed E-state index contributed by atoms with van der Waals surface area (Å²) in [6, 6.07) is 19.2. The minimum atomic E-state index is -0.691. The molecule has 37 heavy (non-hydrogen) atoms. The van der Waals surface area contributed by atoms with Gasteiger partial charge in [-0.2, -0.15) is 5.10 Å². The number of rotatable bonds is 7. The Bertz CT molecular complexity index is 1490. The second-order valence-electron chi connectivity index (χ2n) is 7.41. The van der Waals surface area contributed by atoms with Crippen LogP contribution in [-0.2, 0) is 0 Å². The molecule has 0 aliphatic rings. The van der Waals surface area contributed by atoms with Crippen molar-refractivity contribution in [2.75, 3.05) is 5.32 Å². The molecule has 0 atom stereocenters. The Kier molecular flexibility index (Phi) is 8.54. The van der Waals surface area contributed by atoms with Crippen LogP contribution in [0.5, 0.6) is 5.75 Å². The Labute approximate surface area is 232 Å². The molecule has 4 rings (SSSR count). The maximum absolute atomic E-state index is 12.7. The van der Waals surface area contributed by atoms with Crippen LogP contribution in [0, 0.1) is 0 Å². The fourth-order valence-corrected chi connectivity index (χ4v) is 4.55. The zero-order valence-corrected chi connectivity index (χ0v) is 22.6. The van der Waals surface area contributed by atoms with Crippen LogP contribution in [-0.4, -0.2) is 24.0 Å². The number of furan rings is 1. The Morgan fingerprint density at radius 1 is 0.919 bits per heavy atom. The van der Waals surface area contributed by atoms with Crippen molar-refractivity contribution in [3.63, 3.8) is 0 Å². The quantitative estimate of drug-likeness (QED) is 0.101. The lowest BCUT2D eigenvalue weighted by atomic mass is 10.1. The first-order valence-corrected chi connectivity index (χ1v) is 12.5. The standard InChI is InChI=1S/C26H16Br2ClN3O5/c27-18-11-17(23(21(28)13-18)37-26(35)22-5-2-10-36-22)14-30-32-25(34)16-3-1-4-20(12-16)31-24(33)15-6-8-19(29)9-7-15/h1-14H,(H,31,33)(H,32,34). The molecule has 2 N–H and O–H groups in total. The van der Waals surface area contributed by atoms with Gasteiger partial charge in [0.2, 0.25) is 5.76 Å². The van der Waals surface area contributed by atoms with Crippen LogP contribution in [0.4, 0.5) is 5.69 Å². The van der Waals surface area contributed by atoms with Gasteiger partial charge in [0.15, 0.2) is 5.75 Å². The fraction of sp³-hybridized carbons (Fsp3) is 0. The number of benzene rings is 3. The predicted octanol–water partition coefficient (Wildman–Crippen LogP) is 6.69. The van der Waals surface area contributed by atoms with Gasteiger partial charge < -0.3 is 14.5 Å².